The van der Waals surface area contributed by atoms with Crippen LogP contribution in [0.5, 0.6) is 0 Å². The molecule has 2 heterocycles. The Balaban J connectivity index is 1.43. The smallest absolute Gasteiger partial charge is 0.337 e. The van der Waals surface area contributed by atoms with Crippen LogP contribution in [0.4, 0.5) is 16.5 Å². The van der Waals surface area contributed by atoms with Gasteiger partial charge in [-0.15, -0.1) is 11.3 Å². The van der Waals surface area contributed by atoms with E-state index in [0.29, 0.717) is 16.8 Å². The molecule has 0 saturated carbocycles. The number of amides is 1. The highest BCUT2D eigenvalue weighted by molar-refractivity contribution is 7.14. The van der Waals surface area contributed by atoms with Gasteiger partial charge < -0.3 is 15.4 Å². The molecule has 4 aromatic rings. The van der Waals surface area contributed by atoms with Crippen LogP contribution >= 0.6 is 11.3 Å². The summed E-state index contributed by atoms with van der Waals surface area (Å²) in [6.07, 6.45) is 3.50. The number of aromatic nitrogens is 2. The van der Waals surface area contributed by atoms with Crippen molar-refractivity contribution in [1.82, 2.24) is 9.97 Å². The second-order valence-corrected chi connectivity index (χ2v) is 7.37. The van der Waals surface area contributed by atoms with E-state index in [1.165, 1.54) is 18.4 Å². The number of esters is 1. The number of thiazole rings is 1. The van der Waals surface area contributed by atoms with Crippen molar-refractivity contribution in [2.24, 2.45) is 0 Å². The first kappa shape index (κ1) is 20.2. The second kappa shape index (κ2) is 9.19. The normalized spacial score (nSPS) is 10.4. The molecule has 0 unspecified atom stereocenters. The van der Waals surface area contributed by atoms with Crippen molar-refractivity contribution in [3.8, 4) is 11.3 Å². The predicted octanol–water partition coefficient (Wildman–Crippen LogP) is 4.99. The van der Waals surface area contributed by atoms with Crippen LogP contribution in [-0.2, 0) is 4.74 Å². The average Bonchev–Trinajstić information content (AvgIpc) is 3.28. The van der Waals surface area contributed by atoms with Gasteiger partial charge in [0.1, 0.15) is 0 Å². The molecule has 0 saturated heterocycles. The summed E-state index contributed by atoms with van der Waals surface area (Å²) in [6.45, 7) is 0. The maximum Gasteiger partial charge on any atom is 0.337 e. The van der Waals surface area contributed by atoms with E-state index in [9.17, 15) is 9.59 Å². The molecule has 7 nitrogen and oxygen atoms in total. The first-order valence-corrected chi connectivity index (χ1v) is 10.2. The van der Waals surface area contributed by atoms with Gasteiger partial charge in [-0.3, -0.25) is 9.78 Å². The van der Waals surface area contributed by atoms with E-state index >= 15 is 0 Å². The Kier molecular flexibility index (Phi) is 6.00. The highest BCUT2D eigenvalue weighted by atomic mass is 32.1. The van der Waals surface area contributed by atoms with E-state index in [4.69, 9.17) is 0 Å². The zero-order chi connectivity index (χ0) is 21.6. The molecule has 2 N–H and O–H groups in total. The van der Waals surface area contributed by atoms with Gasteiger partial charge in [0, 0.05) is 40.3 Å². The number of methoxy groups -OCH3 is 1. The van der Waals surface area contributed by atoms with Crippen LogP contribution in [0.25, 0.3) is 11.3 Å². The van der Waals surface area contributed by atoms with Gasteiger partial charge in [0.15, 0.2) is 5.13 Å². The number of carbonyl (C=O) groups is 2. The van der Waals surface area contributed by atoms with Crippen molar-refractivity contribution in [2.45, 2.75) is 0 Å². The van der Waals surface area contributed by atoms with Gasteiger partial charge in [-0.2, -0.15) is 0 Å². The van der Waals surface area contributed by atoms with E-state index in [-0.39, 0.29) is 5.91 Å². The largest absolute Gasteiger partial charge is 0.465 e. The zero-order valence-corrected chi connectivity index (χ0v) is 17.3. The molecule has 0 spiro atoms. The molecule has 0 aliphatic rings. The molecule has 0 bridgehead atoms. The van der Waals surface area contributed by atoms with E-state index in [2.05, 4.69) is 25.3 Å². The molecule has 1 amide bonds. The lowest BCUT2D eigenvalue weighted by molar-refractivity contribution is 0.0600. The average molecular weight is 430 g/mol. The summed E-state index contributed by atoms with van der Waals surface area (Å²) in [5, 5.41) is 8.81. The molecule has 0 aliphatic carbocycles. The summed E-state index contributed by atoms with van der Waals surface area (Å²) in [6, 6.07) is 17.5. The summed E-state index contributed by atoms with van der Waals surface area (Å²) < 4.78 is 4.67. The minimum Gasteiger partial charge on any atom is -0.465 e. The molecular weight excluding hydrogens is 412 g/mol. The Morgan fingerprint density at radius 3 is 2.48 bits per heavy atom. The van der Waals surface area contributed by atoms with Gasteiger partial charge in [0.25, 0.3) is 5.91 Å². The molecule has 2 aromatic carbocycles. The molecule has 0 aliphatic heterocycles. The zero-order valence-electron chi connectivity index (χ0n) is 16.5. The molecule has 0 fully saturated rings. The lowest BCUT2D eigenvalue weighted by atomic mass is 10.1. The molecule has 8 heteroatoms. The monoisotopic (exact) mass is 430 g/mol. The number of hydrogen-bond donors (Lipinski definition) is 2. The quantitative estimate of drug-likeness (QED) is 0.419. The first-order chi connectivity index (χ1) is 15.1. The van der Waals surface area contributed by atoms with Crippen molar-refractivity contribution in [2.75, 3.05) is 17.7 Å². The van der Waals surface area contributed by atoms with Crippen LogP contribution in [0.1, 0.15) is 20.7 Å². The van der Waals surface area contributed by atoms with Crippen molar-refractivity contribution in [3.63, 3.8) is 0 Å². The fraction of sp³-hybridized carbons (Fsp3) is 0.0435. The number of rotatable bonds is 6. The third kappa shape index (κ3) is 4.93. The molecule has 154 valence electrons. The standard InChI is InChI=1S/C23H18N4O3S/c1-30-22(29)16-9-7-15(8-10-16)21(28)25-18-5-2-6-19(12-18)26-23-27-20(14-31-23)17-4-3-11-24-13-17/h2-14H,1H3,(H,25,28)(H,26,27). The summed E-state index contributed by atoms with van der Waals surface area (Å²) in [5.74, 6) is -0.721. The van der Waals surface area contributed by atoms with Gasteiger partial charge >= 0.3 is 5.97 Å². The number of benzene rings is 2. The van der Waals surface area contributed by atoms with Crippen LogP contribution in [0.15, 0.2) is 78.4 Å². The van der Waals surface area contributed by atoms with Crippen molar-refractivity contribution < 1.29 is 14.3 Å². The summed E-state index contributed by atoms with van der Waals surface area (Å²) in [5.41, 5.74) is 4.06. The van der Waals surface area contributed by atoms with Crippen LogP contribution in [0.3, 0.4) is 0 Å². The fourth-order valence-corrected chi connectivity index (χ4v) is 3.59. The Labute approximate surface area is 182 Å². The lowest BCUT2D eigenvalue weighted by Crippen LogP contribution is -2.12. The third-order valence-electron chi connectivity index (χ3n) is 4.40. The van der Waals surface area contributed by atoms with Gasteiger partial charge in [-0.05, 0) is 54.6 Å². The van der Waals surface area contributed by atoms with E-state index in [0.717, 1.165) is 22.1 Å². The number of pyridine rings is 1. The third-order valence-corrected chi connectivity index (χ3v) is 5.16. The molecule has 0 atom stereocenters. The minimum absolute atomic E-state index is 0.276. The van der Waals surface area contributed by atoms with Gasteiger partial charge in [0.05, 0.1) is 18.4 Å². The summed E-state index contributed by atoms with van der Waals surface area (Å²) in [7, 11) is 1.31. The van der Waals surface area contributed by atoms with Crippen LogP contribution in [0, 0.1) is 0 Å². The Morgan fingerprint density at radius 2 is 1.74 bits per heavy atom. The first-order valence-electron chi connectivity index (χ1n) is 9.35. The number of nitrogens with zero attached hydrogens (tertiary/aromatic N) is 2. The molecule has 31 heavy (non-hydrogen) atoms. The van der Waals surface area contributed by atoms with Crippen LogP contribution in [0.2, 0.25) is 0 Å². The summed E-state index contributed by atoms with van der Waals surface area (Å²) >= 11 is 1.49. The second-order valence-electron chi connectivity index (χ2n) is 6.51. The molecule has 0 radical (unpaired) electrons. The number of ether oxygens (including phenoxy) is 1. The maximum atomic E-state index is 12.5. The maximum absolute atomic E-state index is 12.5. The predicted molar refractivity (Wildman–Crippen MR) is 121 cm³/mol. The molecule has 2 aromatic heterocycles. The van der Waals surface area contributed by atoms with Crippen molar-refractivity contribution in [1.29, 1.82) is 0 Å². The number of hydrogen-bond acceptors (Lipinski definition) is 7. The molecular formula is C23H18N4O3S. The highest BCUT2D eigenvalue weighted by Gasteiger charge is 2.10. The van der Waals surface area contributed by atoms with Gasteiger partial charge in [-0.25, -0.2) is 9.78 Å². The number of carbonyl (C=O) groups excluding carboxylic acids is 2. The summed E-state index contributed by atoms with van der Waals surface area (Å²) in [4.78, 5) is 32.8. The van der Waals surface area contributed by atoms with E-state index in [1.807, 2.05) is 35.7 Å². The number of nitrogens with one attached hydrogen (secondary N) is 2. The Morgan fingerprint density at radius 1 is 0.968 bits per heavy atom. The van der Waals surface area contributed by atoms with Gasteiger partial charge in [0.2, 0.25) is 0 Å². The topological polar surface area (TPSA) is 93.2 Å². The van der Waals surface area contributed by atoms with E-state index in [1.54, 1.807) is 42.7 Å². The van der Waals surface area contributed by atoms with Crippen molar-refractivity contribution in [3.05, 3.63) is 89.6 Å². The molecule has 4 rings (SSSR count). The van der Waals surface area contributed by atoms with Crippen LogP contribution in [-0.4, -0.2) is 29.0 Å². The Hall–Kier alpha value is -4.04. The number of anilines is 3. The van der Waals surface area contributed by atoms with Gasteiger partial charge in [-0.1, -0.05) is 6.07 Å². The minimum atomic E-state index is -0.445. The SMILES string of the molecule is COC(=O)c1ccc(C(=O)Nc2cccc(Nc3nc(-c4cccnc4)cs3)c2)cc1. The van der Waals surface area contributed by atoms with Crippen molar-refractivity contribution >= 4 is 39.7 Å². The highest BCUT2D eigenvalue weighted by Crippen LogP contribution is 2.27. The van der Waals surface area contributed by atoms with E-state index < -0.39 is 5.97 Å². The Bertz CT molecular complexity index is 1210. The fourth-order valence-electron chi connectivity index (χ4n) is 2.85. The van der Waals surface area contributed by atoms with Crippen LogP contribution < -0.4 is 10.6 Å². The lowest BCUT2D eigenvalue weighted by Gasteiger charge is -2.08.